The minimum absolute atomic E-state index is 0.0337. The summed E-state index contributed by atoms with van der Waals surface area (Å²) in [4.78, 5) is 12.9. The van der Waals surface area contributed by atoms with Gasteiger partial charge in [0.15, 0.2) is 0 Å². The highest BCUT2D eigenvalue weighted by Crippen LogP contribution is 2.04. The lowest BCUT2D eigenvalue weighted by atomic mass is 10.3. The number of alkyl halides is 1. The van der Waals surface area contributed by atoms with E-state index in [-0.39, 0.29) is 5.91 Å². The van der Waals surface area contributed by atoms with Crippen molar-refractivity contribution in [2.24, 2.45) is 0 Å². The fraction of sp³-hybridized carbons (Fsp3) is 0.444. The number of hydrogen-bond acceptors (Lipinski definition) is 2. The van der Waals surface area contributed by atoms with Gasteiger partial charge >= 0.3 is 0 Å². The molecule has 13 heavy (non-hydrogen) atoms. The van der Waals surface area contributed by atoms with Crippen molar-refractivity contribution >= 4 is 17.5 Å². The molecule has 0 aliphatic heterocycles. The molecule has 0 aliphatic rings. The number of halogens is 1. The first kappa shape index (κ1) is 10.1. The van der Waals surface area contributed by atoms with Crippen molar-refractivity contribution in [3.8, 4) is 0 Å². The average molecular weight is 202 g/mol. The smallest absolute Gasteiger partial charge is 0.223 e. The van der Waals surface area contributed by atoms with Crippen LogP contribution in [0.4, 0.5) is 0 Å². The summed E-state index contributed by atoms with van der Waals surface area (Å²) in [5.41, 5.74) is 0. The third-order valence-electron chi connectivity index (χ3n) is 1.71. The summed E-state index contributed by atoms with van der Waals surface area (Å²) in [7, 11) is 1.73. The highest BCUT2D eigenvalue weighted by Gasteiger charge is 2.08. The Labute approximate surface area is 82.3 Å². The summed E-state index contributed by atoms with van der Waals surface area (Å²) in [5, 5.41) is 0. The third-order valence-corrected chi connectivity index (χ3v) is 1.90. The monoisotopic (exact) mass is 201 g/mol. The summed E-state index contributed by atoms with van der Waals surface area (Å²) < 4.78 is 5.11. The Morgan fingerprint density at radius 2 is 2.46 bits per heavy atom. The predicted molar refractivity (Wildman–Crippen MR) is 50.5 cm³/mol. The number of rotatable bonds is 4. The van der Waals surface area contributed by atoms with Crippen LogP contribution in [0.3, 0.4) is 0 Å². The van der Waals surface area contributed by atoms with Gasteiger partial charge in [-0.3, -0.25) is 4.79 Å². The van der Waals surface area contributed by atoms with Gasteiger partial charge in [-0.1, -0.05) is 0 Å². The van der Waals surface area contributed by atoms with E-state index in [0.717, 1.165) is 5.76 Å². The van der Waals surface area contributed by atoms with Gasteiger partial charge in [0.25, 0.3) is 0 Å². The summed E-state index contributed by atoms with van der Waals surface area (Å²) in [5.74, 6) is 1.18. The zero-order valence-electron chi connectivity index (χ0n) is 7.50. The Hall–Kier alpha value is -0.960. The average Bonchev–Trinajstić information content (AvgIpc) is 2.57. The van der Waals surface area contributed by atoms with Crippen molar-refractivity contribution in [3.05, 3.63) is 24.2 Å². The maximum atomic E-state index is 11.3. The molecule has 0 aromatic carbocycles. The van der Waals surface area contributed by atoms with E-state index in [1.165, 1.54) is 0 Å². The minimum Gasteiger partial charge on any atom is -0.467 e. The molecule has 0 fully saturated rings. The maximum Gasteiger partial charge on any atom is 0.223 e. The molecule has 4 heteroatoms. The van der Waals surface area contributed by atoms with E-state index in [0.29, 0.717) is 18.8 Å². The molecule has 3 nitrogen and oxygen atoms in total. The second-order valence-electron chi connectivity index (χ2n) is 2.77. The summed E-state index contributed by atoms with van der Waals surface area (Å²) >= 11 is 5.45. The zero-order valence-corrected chi connectivity index (χ0v) is 8.25. The van der Waals surface area contributed by atoms with Crippen molar-refractivity contribution in [3.63, 3.8) is 0 Å². The number of carbonyl (C=O) groups is 1. The molecule has 0 spiro atoms. The van der Waals surface area contributed by atoms with Crippen LogP contribution in [0.2, 0.25) is 0 Å². The van der Waals surface area contributed by atoms with E-state index in [1.807, 2.05) is 6.07 Å². The highest BCUT2D eigenvalue weighted by atomic mass is 35.5. The Kier molecular flexibility index (Phi) is 3.83. The van der Waals surface area contributed by atoms with Gasteiger partial charge in [0.2, 0.25) is 5.91 Å². The normalized spacial score (nSPS) is 10.0. The van der Waals surface area contributed by atoms with Crippen LogP contribution in [0, 0.1) is 0 Å². The quantitative estimate of drug-likeness (QED) is 0.697. The van der Waals surface area contributed by atoms with Gasteiger partial charge in [0.1, 0.15) is 5.76 Å². The van der Waals surface area contributed by atoms with E-state index >= 15 is 0 Å². The van der Waals surface area contributed by atoms with Crippen LogP contribution in [0.25, 0.3) is 0 Å². The lowest BCUT2D eigenvalue weighted by Gasteiger charge is -2.14. The van der Waals surface area contributed by atoms with Crippen LogP contribution in [0.5, 0.6) is 0 Å². The van der Waals surface area contributed by atoms with Gasteiger partial charge in [0.05, 0.1) is 12.8 Å². The SMILES string of the molecule is CN(Cc1ccco1)C(=O)CCCl. The van der Waals surface area contributed by atoms with Gasteiger partial charge < -0.3 is 9.32 Å². The molecule has 0 saturated carbocycles. The van der Waals surface area contributed by atoms with Crippen LogP contribution in [-0.2, 0) is 11.3 Å². The number of amides is 1. The Morgan fingerprint density at radius 1 is 1.69 bits per heavy atom. The van der Waals surface area contributed by atoms with Crippen LogP contribution in [0.15, 0.2) is 22.8 Å². The van der Waals surface area contributed by atoms with E-state index in [9.17, 15) is 4.79 Å². The number of furan rings is 1. The van der Waals surface area contributed by atoms with E-state index < -0.39 is 0 Å². The Bertz CT molecular complexity index is 259. The second-order valence-corrected chi connectivity index (χ2v) is 3.15. The molecule has 0 aliphatic carbocycles. The first-order valence-corrected chi connectivity index (χ1v) is 4.60. The summed E-state index contributed by atoms with van der Waals surface area (Å²) in [6, 6.07) is 3.64. The fourth-order valence-electron chi connectivity index (χ4n) is 0.996. The van der Waals surface area contributed by atoms with Gasteiger partial charge in [-0.2, -0.15) is 0 Å². The maximum absolute atomic E-state index is 11.3. The van der Waals surface area contributed by atoms with Crippen LogP contribution in [-0.4, -0.2) is 23.7 Å². The van der Waals surface area contributed by atoms with E-state index in [1.54, 1.807) is 24.3 Å². The molecule has 1 amide bonds. The number of carbonyl (C=O) groups excluding carboxylic acids is 1. The van der Waals surface area contributed by atoms with Crippen molar-refractivity contribution < 1.29 is 9.21 Å². The van der Waals surface area contributed by atoms with Gasteiger partial charge in [-0.25, -0.2) is 0 Å². The lowest BCUT2D eigenvalue weighted by molar-refractivity contribution is -0.130. The van der Waals surface area contributed by atoms with Gasteiger partial charge in [0, 0.05) is 19.3 Å². The Morgan fingerprint density at radius 3 is 3.00 bits per heavy atom. The van der Waals surface area contributed by atoms with Crippen LogP contribution < -0.4 is 0 Å². The van der Waals surface area contributed by atoms with E-state index in [4.69, 9.17) is 16.0 Å². The predicted octanol–water partition coefficient (Wildman–Crippen LogP) is 1.87. The van der Waals surface area contributed by atoms with E-state index in [2.05, 4.69) is 0 Å². The standard InChI is InChI=1S/C9H12ClNO2/c1-11(9(12)4-5-10)7-8-3-2-6-13-8/h2-3,6H,4-5,7H2,1H3. The Balaban J connectivity index is 2.41. The first-order valence-electron chi connectivity index (χ1n) is 4.06. The third kappa shape index (κ3) is 3.11. The lowest BCUT2D eigenvalue weighted by Crippen LogP contribution is -2.25. The summed E-state index contributed by atoms with van der Waals surface area (Å²) in [6.07, 6.45) is 1.97. The molecular formula is C9H12ClNO2. The summed E-state index contributed by atoms with van der Waals surface area (Å²) in [6.45, 7) is 0.503. The molecule has 0 bridgehead atoms. The number of nitrogens with zero attached hydrogens (tertiary/aromatic N) is 1. The van der Waals surface area contributed by atoms with Crippen LogP contribution >= 0.6 is 11.6 Å². The van der Waals surface area contributed by atoms with Crippen LogP contribution in [0.1, 0.15) is 12.2 Å². The second kappa shape index (κ2) is 4.92. The molecule has 0 atom stereocenters. The zero-order chi connectivity index (χ0) is 9.68. The fourth-order valence-corrected chi connectivity index (χ4v) is 1.16. The van der Waals surface area contributed by atoms with Gasteiger partial charge in [-0.05, 0) is 12.1 Å². The van der Waals surface area contributed by atoms with Crippen molar-refractivity contribution in [2.75, 3.05) is 12.9 Å². The molecule has 0 saturated heterocycles. The minimum atomic E-state index is 0.0337. The van der Waals surface area contributed by atoms with Crippen molar-refractivity contribution in [1.82, 2.24) is 4.90 Å². The largest absolute Gasteiger partial charge is 0.467 e. The molecule has 1 rings (SSSR count). The van der Waals surface area contributed by atoms with Gasteiger partial charge in [-0.15, -0.1) is 11.6 Å². The molecule has 1 aromatic rings. The molecular weight excluding hydrogens is 190 g/mol. The highest BCUT2D eigenvalue weighted by molar-refractivity contribution is 6.18. The number of hydrogen-bond donors (Lipinski definition) is 0. The molecule has 0 radical (unpaired) electrons. The molecule has 1 aromatic heterocycles. The van der Waals surface area contributed by atoms with Crippen molar-refractivity contribution in [1.29, 1.82) is 0 Å². The molecule has 72 valence electrons. The molecule has 0 N–H and O–H groups in total. The topological polar surface area (TPSA) is 33.5 Å². The molecule has 1 heterocycles. The first-order chi connectivity index (χ1) is 6.24. The van der Waals surface area contributed by atoms with Crippen molar-refractivity contribution in [2.45, 2.75) is 13.0 Å². The molecule has 0 unspecified atom stereocenters.